The number of benzene rings is 1. The van der Waals surface area contributed by atoms with Gasteiger partial charge in [-0.05, 0) is 36.3 Å². The van der Waals surface area contributed by atoms with Gasteiger partial charge in [0.05, 0.1) is 5.02 Å². The van der Waals surface area contributed by atoms with E-state index in [4.69, 9.17) is 23.2 Å². The molecule has 0 aliphatic heterocycles. The highest BCUT2D eigenvalue weighted by Crippen LogP contribution is 2.51. The molecule has 18 heavy (non-hydrogen) atoms. The van der Waals surface area contributed by atoms with Gasteiger partial charge in [-0.3, -0.25) is 0 Å². The Labute approximate surface area is 118 Å². The molecule has 0 radical (unpaired) electrons. The van der Waals surface area contributed by atoms with Crippen LogP contribution in [0.5, 0.6) is 5.75 Å². The molecule has 0 saturated heterocycles. The number of rotatable bonds is 5. The van der Waals surface area contributed by atoms with E-state index in [1.807, 2.05) is 0 Å². The number of nitrogens with one attached hydrogen (secondary N) is 1. The average molecular weight is 288 g/mol. The van der Waals surface area contributed by atoms with E-state index in [0.717, 1.165) is 12.1 Å². The van der Waals surface area contributed by atoms with Gasteiger partial charge in [-0.15, -0.1) is 0 Å². The molecule has 1 fully saturated rings. The third-order valence-electron chi connectivity index (χ3n) is 4.02. The summed E-state index contributed by atoms with van der Waals surface area (Å²) in [5.74, 6) is 0.824. The van der Waals surface area contributed by atoms with Gasteiger partial charge in [0, 0.05) is 23.7 Å². The van der Waals surface area contributed by atoms with Crippen LogP contribution in [0.2, 0.25) is 10.0 Å². The lowest BCUT2D eigenvalue weighted by atomic mass is 9.92. The fourth-order valence-electron chi connectivity index (χ4n) is 2.32. The maximum atomic E-state index is 9.85. The second kappa shape index (κ2) is 5.28. The van der Waals surface area contributed by atoms with Crippen LogP contribution < -0.4 is 5.32 Å². The van der Waals surface area contributed by atoms with Crippen molar-refractivity contribution in [1.82, 2.24) is 5.32 Å². The van der Waals surface area contributed by atoms with Gasteiger partial charge in [0.15, 0.2) is 0 Å². The van der Waals surface area contributed by atoms with Crippen LogP contribution in [0.1, 0.15) is 32.3 Å². The van der Waals surface area contributed by atoms with E-state index in [-0.39, 0.29) is 5.75 Å². The number of phenols is 1. The summed E-state index contributed by atoms with van der Waals surface area (Å²) in [6, 6.07) is 3.31. The van der Waals surface area contributed by atoms with Gasteiger partial charge in [-0.1, -0.05) is 37.0 Å². The zero-order chi connectivity index (χ0) is 13.3. The monoisotopic (exact) mass is 287 g/mol. The first-order chi connectivity index (χ1) is 8.44. The Bertz CT molecular complexity index is 442. The van der Waals surface area contributed by atoms with Crippen molar-refractivity contribution in [3.05, 3.63) is 27.7 Å². The first-order valence-corrected chi connectivity index (χ1v) is 7.08. The van der Waals surface area contributed by atoms with Crippen LogP contribution in [0.4, 0.5) is 0 Å². The smallest absolute Gasteiger partial charge is 0.138 e. The summed E-state index contributed by atoms with van der Waals surface area (Å²) in [5.41, 5.74) is 1.21. The summed E-state index contributed by atoms with van der Waals surface area (Å²) in [4.78, 5) is 0. The molecule has 0 bridgehead atoms. The Hall–Kier alpha value is -0.440. The van der Waals surface area contributed by atoms with Crippen LogP contribution >= 0.6 is 23.2 Å². The van der Waals surface area contributed by atoms with Gasteiger partial charge < -0.3 is 10.4 Å². The number of aromatic hydroxyl groups is 1. The molecule has 1 aromatic carbocycles. The van der Waals surface area contributed by atoms with Gasteiger partial charge in [0.25, 0.3) is 0 Å². The summed E-state index contributed by atoms with van der Waals surface area (Å²) in [7, 11) is 0. The summed E-state index contributed by atoms with van der Waals surface area (Å²) in [6.07, 6.45) is 2.58. The fraction of sp³-hybridized carbons (Fsp3) is 0.571. The number of phenolic OH excluding ortho intramolecular Hbond substituents is 1. The molecule has 4 heteroatoms. The molecular formula is C14H19Cl2NO. The van der Waals surface area contributed by atoms with Crippen LogP contribution in [0.3, 0.4) is 0 Å². The van der Waals surface area contributed by atoms with E-state index < -0.39 is 0 Å². The molecule has 1 aliphatic carbocycles. The topological polar surface area (TPSA) is 32.3 Å². The van der Waals surface area contributed by atoms with Crippen LogP contribution in [0.15, 0.2) is 12.1 Å². The van der Waals surface area contributed by atoms with Crippen molar-refractivity contribution >= 4 is 23.2 Å². The zero-order valence-electron chi connectivity index (χ0n) is 10.8. The van der Waals surface area contributed by atoms with Crippen molar-refractivity contribution in [2.75, 3.05) is 6.54 Å². The maximum Gasteiger partial charge on any atom is 0.138 e. The molecule has 0 aromatic heterocycles. The number of hydrogen-bond donors (Lipinski definition) is 2. The standard InChI is InChI=1S/C14H19Cl2NO/c1-9(2)14(3-4-14)8-17-7-10-5-11(15)6-12(16)13(10)18/h5-6,9,17-18H,3-4,7-8H2,1-2H3. The van der Waals surface area contributed by atoms with Crippen LogP contribution in [-0.2, 0) is 6.54 Å². The van der Waals surface area contributed by atoms with Crippen molar-refractivity contribution in [3.63, 3.8) is 0 Å². The van der Waals surface area contributed by atoms with E-state index >= 15 is 0 Å². The first kappa shape index (κ1) is 14.0. The van der Waals surface area contributed by atoms with E-state index in [0.29, 0.717) is 27.9 Å². The van der Waals surface area contributed by atoms with Crippen LogP contribution in [0.25, 0.3) is 0 Å². The molecule has 1 saturated carbocycles. The zero-order valence-corrected chi connectivity index (χ0v) is 12.3. The van der Waals surface area contributed by atoms with Gasteiger partial charge in [-0.25, -0.2) is 0 Å². The largest absolute Gasteiger partial charge is 0.506 e. The van der Waals surface area contributed by atoms with E-state index in [1.165, 1.54) is 12.8 Å². The van der Waals surface area contributed by atoms with Crippen LogP contribution in [-0.4, -0.2) is 11.7 Å². The lowest BCUT2D eigenvalue weighted by molar-refractivity contribution is 0.336. The highest BCUT2D eigenvalue weighted by molar-refractivity contribution is 6.35. The average Bonchev–Trinajstić information content (AvgIpc) is 3.06. The van der Waals surface area contributed by atoms with E-state index in [1.54, 1.807) is 12.1 Å². The minimum absolute atomic E-state index is 0.128. The maximum absolute atomic E-state index is 9.85. The first-order valence-electron chi connectivity index (χ1n) is 6.32. The molecule has 100 valence electrons. The van der Waals surface area contributed by atoms with Crippen molar-refractivity contribution in [2.24, 2.45) is 11.3 Å². The van der Waals surface area contributed by atoms with Crippen molar-refractivity contribution in [1.29, 1.82) is 0 Å². The number of hydrogen-bond acceptors (Lipinski definition) is 2. The Morgan fingerprint density at radius 2 is 2.00 bits per heavy atom. The lowest BCUT2D eigenvalue weighted by Gasteiger charge is -2.20. The molecule has 2 N–H and O–H groups in total. The Morgan fingerprint density at radius 3 is 2.56 bits per heavy atom. The molecule has 0 unspecified atom stereocenters. The predicted molar refractivity (Wildman–Crippen MR) is 76.3 cm³/mol. The Kier molecular flexibility index (Phi) is 4.10. The Morgan fingerprint density at radius 1 is 1.33 bits per heavy atom. The normalized spacial score (nSPS) is 17.2. The minimum Gasteiger partial charge on any atom is -0.506 e. The lowest BCUT2D eigenvalue weighted by Crippen LogP contribution is -2.27. The van der Waals surface area contributed by atoms with Crippen molar-refractivity contribution < 1.29 is 5.11 Å². The number of halogens is 2. The molecule has 1 aliphatic rings. The third kappa shape index (κ3) is 2.93. The highest BCUT2D eigenvalue weighted by atomic mass is 35.5. The van der Waals surface area contributed by atoms with Gasteiger partial charge in [0.2, 0.25) is 0 Å². The minimum atomic E-state index is 0.128. The van der Waals surface area contributed by atoms with Gasteiger partial charge >= 0.3 is 0 Å². The quantitative estimate of drug-likeness (QED) is 0.850. The molecular weight excluding hydrogens is 269 g/mol. The van der Waals surface area contributed by atoms with E-state index in [9.17, 15) is 5.11 Å². The van der Waals surface area contributed by atoms with Crippen LogP contribution in [0, 0.1) is 11.3 Å². The molecule has 0 spiro atoms. The van der Waals surface area contributed by atoms with Crippen molar-refractivity contribution in [2.45, 2.75) is 33.2 Å². The highest BCUT2D eigenvalue weighted by Gasteiger charge is 2.44. The fourth-order valence-corrected chi connectivity index (χ4v) is 2.85. The second-order valence-corrected chi connectivity index (χ2v) is 6.36. The molecule has 0 amide bonds. The molecule has 0 atom stereocenters. The third-order valence-corrected chi connectivity index (χ3v) is 4.52. The molecule has 2 nitrogen and oxygen atoms in total. The predicted octanol–water partition coefficient (Wildman–Crippen LogP) is 4.22. The molecule has 1 aromatic rings. The van der Waals surface area contributed by atoms with Gasteiger partial charge in [-0.2, -0.15) is 0 Å². The summed E-state index contributed by atoms with van der Waals surface area (Å²) in [6.45, 7) is 6.11. The Balaban J connectivity index is 1.95. The summed E-state index contributed by atoms with van der Waals surface area (Å²) < 4.78 is 0. The summed E-state index contributed by atoms with van der Waals surface area (Å²) in [5, 5.41) is 14.1. The van der Waals surface area contributed by atoms with Gasteiger partial charge in [0.1, 0.15) is 5.75 Å². The SMILES string of the molecule is CC(C)C1(CNCc2cc(Cl)cc(Cl)c2O)CC1. The van der Waals surface area contributed by atoms with E-state index in [2.05, 4.69) is 19.2 Å². The molecule has 0 heterocycles. The second-order valence-electron chi connectivity index (χ2n) is 5.52. The van der Waals surface area contributed by atoms with Crippen molar-refractivity contribution in [3.8, 4) is 5.75 Å². The summed E-state index contributed by atoms with van der Waals surface area (Å²) >= 11 is 11.8. The molecule has 2 rings (SSSR count).